The summed E-state index contributed by atoms with van der Waals surface area (Å²) in [5.74, 6) is 6.83. The lowest BCUT2D eigenvalue weighted by Crippen LogP contribution is -2.40. The fourth-order valence-electron chi connectivity index (χ4n) is 4.22. The molecule has 0 unspecified atom stereocenters. The predicted octanol–water partition coefficient (Wildman–Crippen LogP) is 3.42. The number of hydrogen-bond acceptors (Lipinski definition) is 6. The number of carbonyl (C=O) groups excluding carboxylic acids is 1. The Bertz CT molecular complexity index is 1360. The van der Waals surface area contributed by atoms with Crippen LogP contribution in [-0.2, 0) is 13.6 Å². The fourth-order valence-corrected chi connectivity index (χ4v) is 4.22. The van der Waals surface area contributed by atoms with Crippen molar-refractivity contribution in [2.45, 2.75) is 59.0 Å². The molecule has 2 aromatic heterocycles. The van der Waals surface area contributed by atoms with E-state index in [1.54, 1.807) is 32.2 Å². The molecule has 0 bridgehead atoms. The molecular formula is C26H33N7O2. The van der Waals surface area contributed by atoms with Crippen LogP contribution in [-0.4, -0.2) is 43.6 Å². The predicted molar refractivity (Wildman–Crippen MR) is 139 cm³/mol. The van der Waals surface area contributed by atoms with Gasteiger partial charge in [-0.25, -0.2) is 0 Å². The van der Waals surface area contributed by atoms with Crippen molar-refractivity contribution in [3.05, 3.63) is 40.2 Å². The molecule has 9 heteroatoms. The van der Waals surface area contributed by atoms with Crippen molar-refractivity contribution in [1.82, 2.24) is 24.4 Å². The summed E-state index contributed by atoms with van der Waals surface area (Å²) in [5.41, 5.74) is 1.22. The lowest BCUT2D eigenvalue weighted by molar-refractivity contribution is 0.0920. The van der Waals surface area contributed by atoms with Crippen LogP contribution in [0.2, 0.25) is 0 Å². The van der Waals surface area contributed by atoms with E-state index < -0.39 is 0 Å². The maximum atomic E-state index is 13.5. The van der Waals surface area contributed by atoms with Crippen LogP contribution in [0.25, 0.3) is 11.2 Å². The minimum Gasteiger partial charge on any atom is -0.347 e. The molecule has 35 heavy (non-hydrogen) atoms. The molecule has 2 N–H and O–H groups in total. The minimum atomic E-state index is -0.382. The summed E-state index contributed by atoms with van der Waals surface area (Å²) in [7, 11) is 1.67. The summed E-state index contributed by atoms with van der Waals surface area (Å²) in [6.45, 7) is 9.73. The Hall–Kier alpha value is -3.80. The van der Waals surface area contributed by atoms with E-state index in [1.165, 1.54) is 11.0 Å². The SMILES string of the molecule is CC#CCn1c(N2CCCCC2)nc2nc(Nc3ccccc3C(=O)NC(C)(C)C)n(C)c(=O)c21. The van der Waals surface area contributed by atoms with Gasteiger partial charge in [-0.15, -0.1) is 5.92 Å². The highest BCUT2D eigenvalue weighted by Gasteiger charge is 2.24. The van der Waals surface area contributed by atoms with Crippen LogP contribution in [0, 0.1) is 11.8 Å². The third kappa shape index (κ3) is 5.16. The molecule has 184 valence electrons. The Morgan fingerprint density at radius 1 is 1.11 bits per heavy atom. The molecule has 0 spiro atoms. The molecule has 1 amide bonds. The van der Waals surface area contributed by atoms with Gasteiger partial charge < -0.3 is 15.5 Å². The molecule has 1 aliphatic heterocycles. The fraction of sp³-hybridized carbons (Fsp3) is 0.462. The molecule has 1 saturated heterocycles. The van der Waals surface area contributed by atoms with Crippen LogP contribution in [0.5, 0.6) is 0 Å². The Morgan fingerprint density at radius 2 is 1.83 bits per heavy atom. The van der Waals surface area contributed by atoms with Crippen molar-refractivity contribution < 1.29 is 4.79 Å². The van der Waals surface area contributed by atoms with Gasteiger partial charge in [-0.1, -0.05) is 18.1 Å². The maximum Gasteiger partial charge on any atom is 0.281 e. The molecule has 4 rings (SSSR count). The number of hydrogen-bond donors (Lipinski definition) is 2. The maximum absolute atomic E-state index is 13.5. The van der Waals surface area contributed by atoms with Crippen molar-refractivity contribution in [2.24, 2.45) is 7.05 Å². The van der Waals surface area contributed by atoms with Crippen LogP contribution < -0.4 is 21.1 Å². The third-order valence-corrected chi connectivity index (χ3v) is 5.93. The molecule has 3 heterocycles. The van der Waals surface area contributed by atoms with Gasteiger partial charge in [-0.3, -0.25) is 18.7 Å². The van der Waals surface area contributed by atoms with E-state index in [4.69, 9.17) is 9.97 Å². The monoisotopic (exact) mass is 475 g/mol. The highest BCUT2D eigenvalue weighted by atomic mass is 16.2. The van der Waals surface area contributed by atoms with E-state index in [9.17, 15) is 9.59 Å². The number of nitrogens with zero attached hydrogens (tertiary/aromatic N) is 5. The van der Waals surface area contributed by atoms with Crippen molar-refractivity contribution in [3.63, 3.8) is 0 Å². The highest BCUT2D eigenvalue weighted by molar-refractivity contribution is 6.00. The molecule has 0 saturated carbocycles. The number of rotatable bonds is 5. The van der Waals surface area contributed by atoms with E-state index >= 15 is 0 Å². The van der Waals surface area contributed by atoms with Gasteiger partial charge in [0.15, 0.2) is 11.2 Å². The summed E-state index contributed by atoms with van der Waals surface area (Å²) in [5, 5.41) is 6.17. The zero-order valence-electron chi connectivity index (χ0n) is 21.1. The average molecular weight is 476 g/mol. The van der Waals surface area contributed by atoms with Crippen molar-refractivity contribution in [1.29, 1.82) is 0 Å². The van der Waals surface area contributed by atoms with Gasteiger partial charge in [0.2, 0.25) is 11.9 Å². The number of benzene rings is 1. The van der Waals surface area contributed by atoms with E-state index in [1.807, 2.05) is 31.4 Å². The number of carbonyl (C=O) groups is 1. The first-order valence-corrected chi connectivity index (χ1v) is 12.0. The van der Waals surface area contributed by atoms with Gasteiger partial charge >= 0.3 is 0 Å². The topological polar surface area (TPSA) is 97.1 Å². The molecule has 3 aromatic rings. The van der Waals surface area contributed by atoms with Gasteiger partial charge in [0.05, 0.1) is 17.8 Å². The number of fused-ring (bicyclic) bond motifs is 1. The second-order valence-electron chi connectivity index (χ2n) is 9.82. The van der Waals surface area contributed by atoms with E-state index in [2.05, 4.69) is 27.4 Å². The number of para-hydroxylation sites is 1. The normalized spacial score (nSPS) is 13.9. The quantitative estimate of drug-likeness (QED) is 0.549. The van der Waals surface area contributed by atoms with Crippen LogP contribution >= 0.6 is 0 Å². The lowest BCUT2D eigenvalue weighted by atomic mass is 10.1. The minimum absolute atomic E-state index is 0.207. The Labute approximate surface area is 205 Å². The smallest absolute Gasteiger partial charge is 0.281 e. The first-order valence-electron chi connectivity index (χ1n) is 12.0. The molecule has 0 radical (unpaired) electrons. The van der Waals surface area contributed by atoms with Crippen molar-refractivity contribution in [3.8, 4) is 11.8 Å². The van der Waals surface area contributed by atoms with Crippen LogP contribution in [0.1, 0.15) is 57.3 Å². The largest absolute Gasteiger partial charge is 0.347 e. The van der Waals surface area contributed by atoms with Gasteiger partial charge in [0.1, 0.15) is 0 Å². The first kappa shape index (κ1) is 24.3. The van der Waals surface area contributed by atoms with Gasteiger partial charge in [0.25, 0.3) is 11.5 Å². The second kappa shape index (κ2) is 9.82. The first-order chi connectivity index (χ1) is 16.7. The summed E-state index contributed by atoms with van der Waals surface area (Å²) in [4.78, 5) is 38.1. The van der Waals surface area contributed by atoms with E-state index in [-0.39, 0.29) is 17.0 Å². The lowest BCUT2D eigenvalue weighted by Gasteiger charge is -2.27. The third-order valence-electron chi connectivity index (χ3n) is 5.93. The van der Waals surface area contributed by atoms with E-state index in [0.717, 1.165) is 31.9 Å². The average Bonchev–Trinajstić information content (AvgIpc) is 3.19. The highest BCUT2D eigenvalue weighted by Crippen LogP contribution is 2.25. The molecule has 1 aromatic carbocycles. The van der Waals surface area contributed by atoms with Crippen molar-refractivity contribution in [2.75, 3.05) is 23.3 Å². The van der Waals surface area contributed by atoms with Gasteiger partial charge in [-0.2, -0.15) is 9.97 Å². The molecule has 9 nitrogen and oxygen atoms in total. The van der Waals surface area contributed by atoms with Crippen LogP contribution in [0.15, 0.2) is 29.1 Å². The zero-order chi connectivity index (χ0) is 25.2. The summed E-state index contributed by atoms with van der Waals surface area (Å²) < 4.78 is 3.33. The number of amides is 1. The second-order valence-corrected chi connectivity index (χ2v) is 9.82. The standard InChI is InChI=1S/C26H33N7O2/c1-6-7-17-33-20-21(29-25(33)32-15-11-8-12-16-32)28-24(31(5)23(20)35)27-19-14-10-9-13-18(19)22(34)30-26(2,3)4/h9-10,13-14H,8,11-12,15-17H2,1-5H3,(H,27,28)(H,30,34). The molecule has 0 aliphatic carbocycles. The summed E-state index contributed by atoms with van der Waals surface area (Å²) in [6.07, 6.45) is 3.38. The Kier molecular flexibility index (Phi) is 6.83. The van der Waals surface area contributed by atoms with Gasteiger partial charge in [0, 0.05) is 25.7 Å². The number of nitrogens with one attached hydrogen (secondary N) is 2. The van der Waals surface area contributed by atoms with Crippen LogP contribution in [0.4, 0.5) is 17.6 Å². The molecule has 0 atom stereocenters. The number of piperidine rings is 1. The molecular weight excluding hydrogens is 442 g/mol. The molecule has 1 fully saturated rings. The number of aromatic nitrogens is 4. The van der Waals surface area contributed by atoms with E-state index in [0.29, 0.717) is 34.9 Å². The van der Waals surface area contributed by atoms with Crippen LogP contribution in [0.3, 0.4) is 0 Å². The van der Waals surface area contributed by atoms with Gasteiger partial charge in [-0.05, 0) is 59.1 Å². The number of anilines is 3. The van der Waals surface area contributed by atoms with Crippen molar-refractivity contribution >= 4 is 34.7 Å². The summed E-state index contributed by atoms with van der Waals surface area (Å²) in [6, 6.07) is 7.17. The summed E-state index contributed by atoms with van der Waals surface area (Å²) >= 11 is 0. The molecule has 1 aliphatic rings. The Balaban J connectivity index is 1.78. The zero-order valence-corrected chi connectivity index (χ0v) is 21.1. The number of imidazole rings is 1. The Morgan fingerprint density at radius 3 is 2.51 bits per heavy atom.